The lowest BCUT2D eigenvalue weighted by Crippen LogP contribution is -2.06. The van der Waals surface area contributed by atoms with Gasteiger partial charge in [-0.2, -0.15) is 0 Å². The van der Waals surface area contributed by atoms with Gasteiger partial charge in [0.25, 0.3) is 0 Å². The molecule has 5 heteroatoms. The molecule has 4 nitrogen and oxygen atoms in total. The first-order valence-electron chi connectivity index (χ1n) is 5.72. The SMILES string of the molecule is COC(=O)c1ccc(CNc2ccccc2F)nc1. The van der Waals surface area contributed by atoms with Crippen molar-refractivity contribution in [1.82, 2.24) is 4.98 Å². The maximum atomic E-state index is 13.4. The standard InChI is InChI=1S/C14H13FN2O2/c1-19-14(18)10-6-7-11(16-8-10)9-17-13-5-3-2-4-12(13)15/h2-8,17H,9H2,1H3. The normalized spacial score (nSPS) is 10.0. The summed E-state index contributed by atoms with van der Waals surface area (Å²) in [6, 6.07) is 9.73. The quantitative estimate of drug-likeness (QED) is 0.858. The number of pyridine rings is 1. The average Bonchev–Trinajstić information content (AvgIpc) is 2.46. The van der Waals surface area contributed by atoms with Crippen molar-refractivity contribution >= 4 is 11.7 Å². The van der Waals surface area contributed by atoms with Crippen LogP contribution in [-0.4, -0.2) is 18.1 Å². The minimum absolute atomic E-state index is 0.311. The van der Waals surface area contributed by atoms with E-state index in [0.717, 1.165) is 0 Å². The fourth-order valence-electron chi connectivity index (χ4n) is 1.56. The van der Waals surface area contributed by atoms with Crippen molar-refractivity contribution in [1.29, 1.82) is 0 Å². The van der Waals surface area contributed by atoms with Gasteiger partial charge in [-0.25, -0.2) is 9.18 Å². The minimum atomic E-state index is -0.430. The van der Waals surface area contributed by atoms with Crippen molar-refractivity contribution in [2.75, 3.05) is 12.4 Å². The Balaban J connectivity index is 2.01. The van der Waals surface area contributed by atoms with Crippen LogP contribution in [0, 0.1) is 5.82 Å². The van der Waals surface area contributed by atoms with Crippen molar-refractivity contribution in [3.05, 3.63) is 59.7 Å². The Labute approximate surface area is 110 Å². The number of methoxy groups -OCH3 is 1. The zero-order valence-electron chi connectivity index (χ0n) is 10.4. The van der Waals surface area contributed by atoms with E-state index in [0.29, 0.717) is 23.5 Å². The van der Waals surface area contributed by atoms with Gasteiger partial charge in [-0.05, 0) is 24.3 Å². The molecule has 1 aromatic carbocycles. The molecule has 0 amide bonds. The molecule has 19 heavy (non-hydrogen) atoms. The predicted molar refractivity (Wildman–Crippen MR) is 69.3 cm³/mol. The Bertz CT molecular complexity index is 570. The third-order valence-electron chi connectivity index (χ3n) is 2.58. The number of hydrogen-bond donors (Lipinski definition) is 1. The number of aromatic nitrogens is 1. The zero-order chi connectivity index (χ0) is 13.7. The molecule has 0 unspecified atom stereocenters. The van der Waals surface area contributed by atoms with Crippen LogP contribution in [0.3, 0.4) is 0 Å². The van der Waals surface area contributed by atoms with Crippen LogP contribution in [0.4, 0.5) is 10.1 Å². The summed E-state index contributed by atoms with van der Waals surface area (Å²) in [7, 11) is 1.32. The summed E-state index contributed by atoms with van der Waals surface area (Å²) in [5, 5.41) is 2.94. The summed E-state index contributed by atoms with van der Waals surface area (Å²) >= 11 is 0. The number of carbonyl (C=O) groups is 1. The van der Waals surface area contributed by atoms with Gasteiger partial charge in [0.1, 0.15) is 5.82 Å². The van der Waals surface area contributed by atoms with Gasteiger partial charge in [0.05, 0.1) is 30.6 Å². The largest absolute Gasteiger partial charge is 0.465 e. The molecule has 0 radical (unpaired) electrons. The molecule has 98 valence electrons. The molecule has 0 bridgehead atoms. The highest BCUT2D eigenvalue weighted by molar-refractivity contribution is 5.88. The number of ether oxygens (including phenoxy) is 1. The second kappa shape index (κ2) is 5.95. The molecule has 0 aliphatic carbocycles. The molecule has 0 aliphatic heterocycles. The number of carbonyl (C=O) groups excluding carboxylic acids is 1. The van der Waals surface area contributed by atoms with Crippen LogP contribution < -0.4 is 5.32 Å². The number of hydrogen-bond acceptors (Lipinski definition) is 4. The van der Waals surface area contributed by atoms with Crippen LogP contribution in [0.1, 0.15) is 16.1 Å². The predicted octanol–water partition coefficient (Wildman–Crippen LogP) is 2.62. The highest BCUT2D eigenvalue weighted by atomic mass is 19.1. The van der Waals surface area contributed by atoms with Crippen LogP contribution in [0.5, 0.6) is 0 Å². The van der Waals surface area contributed by atoms with Crippen molar-refractivity contribution < 1.29 is 13.9 Å². The molecule has 0 saturated heterocycles. The number of esters is 1. The molecular formula is C14H13FN2O2. The number of benzene rings is 1. The number of nitrogens with one attached hydrogen (secondary N) is 1. The van der Waals surface area contributed by atoms with E-state index in [4.69, 9.17) is 0 Å². The Kier molecular flexibility index (Phi) is 4.07. The lowest BCUT2D eigenvalue weighted by atomic mass is 10.2. The van der Waals surface area contributed by atoms with E-state index in [2.05, 4.69) is 15.0 Å². The summed E-state index contributed by atoms with van der Waals surface area (Å²) < 4.78 is 17.9. The maximum absolute atomic E-state index is 13.4. The second-order valence-corrected chi connectivity index (χ2v) is 3.86. The van der Waals surface area contributed by atoms with E-state index in [9.17, 15) is 9.18 Å². The van der Waals surface area contributed by atoms with Crippen molar-refractivity contribution in [2.24, 2.45) is 0 Å². The fraction of sp³-hybridized carbons (Fsp3) is 0.143. The highest BCUT2D eigenvalue weighted by Gasteiger charge is 2.05. The second-order valence-electron chi connectivity index (χ2n) is 3.86. The molecule has 2 aromatic rings. The van der Waals surface area contributed by atoms with Crippen molar-refractivity contribution in [3.8, 4) is 0 Å². The third kappa shape index (κ3) is 3.28. The number of nitrogens with zero attached hydrogens (tertiary/aromatic N) is 1. The Hall–Kier alpha value is -2.43. The highest BCUT2D eigenvalue weighted by Crippen LogP contribution is 2.13. The first-order valence-corrected chi connectivity index (χ1v) is 5.72. The van der Waals surface area contributed by atoms with Gasteiger partial charge in [0.15, 0.2) is 0 Å². The monoisotopic (exact) mass is 260 g/mol. The summed E-state index contributed by atoms with van der Waals surface area (Å²) in [5.74, 6) is -0.741. The summed E-state index contributed by atoms with van der Waals surface area (Å²) in [6.07, 6.45) is 1.43. The Morgan fingerprint density at radius 2 is 2.11 bits per heavy atom. The summed E-state index contributed by atoms with van der Waals surface area (Å²) in [4.78, 5) is 15.3. The van der Waals surface area contributed by atoms with E-state index in [1.54, 1.807) is 30.3 Å². The van der Waals surface area contributed by atoms with Gasteiger partial charge in [0.2, 0.25) is 0 Å². The smallest absolute Gasteiger partial charge is 0.339 e. The number of rotatable bonds is 4. The van der Waals surface area contributed by atoms with Crippen LogP contribution in [0.2, 0.25) is 0 Å². The Morgan fingerprint density at radius 1 is 1.32 bits per heavy atom. The van der Waals surface area contributed by atoms with Crippen LogP contribution in [0.15, 0.2) is 42.6 Å². The van der Waals surface area contributed by atoms with E-state index in [1.165, 1.54) is 19.4 Å². The molecule has 0 aliphatic rings. The number of anilines is 1. The first kappa shape index (κ1) is 13.0. The van der Waals surface area contributed by atoms with Gasteiger partial charge in [0, 0.05) is 6.20 Å². The maximum Gasteiger partial charge on any atom is 0.339 e. The van der Waals surface area contributed by atoms with Gasteiger partial charge in [-0.3, -0.25) is 4.98 Å². The van der Waals surface area contributed by atoms with Gasteiger partial charge in [-0.15, -0.1) is 0 Å². The zero-order valence-corrected chi connectivity index (χ0v) is 10.4. The van der Waals surface area contributed by atoms with Gasteiger partial charge in [-0.1, -0.05) is 12.1 Å². The summed E-state index contributed by atoms with van der Waals surface area (Å²) in [5.41, 5.74) is 1.51. The van der Waals surface area contributed by atoms with E-state index in [-0.39, 0.29) is 5.82 Å². The molecule has 2 rings (SSSR count). The van der Waals surface area contributed by atoms with Crippen LogP contribution in [-0.2, 0) is 11.3 Å². The topological polar surface area (TPSA) is 51.2 Å². The molecule has 1 aromatic heterocycles. The molecule has 0 fully saturated rings. The van der Waals surface area contributed by atoms with Gasteiger partial charge < -0.3 is 10.1 Å². The summed E-state index contributed by atoms with van der Waals surface area (Å²) in [6.45, 7) is 0.377. The lowest BCUT2D eigenvalue weighted by molar-refractivity contribution is 0.0600. The molecule has 0 atom stereocenters. The third-order valence-corrected chi connectivity index (χ3v) is 2.58. The minimum Gasteiger partial charge on any atom is -0.465 e. The molecule has 0 spiro atoms. The molecular weight excluding hydrogens is 247 g/mol. The average molecular weight is 260 g/mol. The van der Waals surface area contributed by atoms with E-state index >= 15 is 0 Å². The fourth-order valence-corrected chi connectivity index (χ4v) is 1.56. The van der Waals surface area contributed by atoms with Crippen LogP contribution in [0.25, 0.3) is 0 Å². The molecule has 1 N–H and O–H groups in total. The number of halogens is 1. The first-order chi connectivity index (χ1) is 9.20. The van der Waals surface area contributed by atoms with E-state index < -0.39 is 5.97 Å². The van der Waals surface area contributed by atoms with Crippen molar-refractivity contribution in [2.45, 2.75) is 6.54 Å². The Morgan fingerprint density at radius 3 is 2.74 bits per heavy atom. The van der Waals surface area contributed by atoms with Gasteiger partial charge >= 0.3 is 5.97 Å². The number of para-hydroxylation sites is 1. The van der Waals surface area contributed by atoms with Crippen molar-refractivity contribution in [3.63, 3.8) is 0 Å². The molecule has 0 saturated carbocycles. The van der Waals surface area contributed by atoms with E-state index in [1.807, 2.05) is 0 Å². The van der Waals surface area contributed by atoms with Crippen LogP contribution >= 0.6 is 0 Å². The molecule has 1 heterocycles. The lowest BCUT2D eigenvalue weighted by Gasteiger charge is -2.07.